The predicted octanol–water partition coefficient (Wildman–Crippen LogP) is 7.36. The number of morpholine rings is 2. The highest BCUT2D eigenvalue weighted by Gasteiger charge is 2.60. The molecule has 8 atom stereocenters. The maximum atomic E-state index is 12.7. The van der Waals surface area contributed by atoms with E-state index in [1.54, 1.807) is 12.4 Å². The van der Waals surface area contributed by atoms with Crippen molar-refractivity contribution < 1.29 is 36.5 Å². The van der Waals surface area contributed by atoms with E-state index in [1.165, 1.54) is 62.0 Å². The summed E-state index contributed by atoms with van der Waals surface area (Å²) >= 11 is 0. The summed E-state index contributed by atoms with van der Waals surface area (Å²) < 4.78 is 75.5. The quantitative estimate of drug-likeness (QED) is 0.137. The van der Waals surface area contributed by atoms with Gasteiger partial charge in [-0.05, 0) is 112 Å². The van der Waals surface area contributed by atoms with E-state index in [0.717, 1.165) is 89.7 Å². The van der Waals surface area contributed by atoms with Gasteiger partial charge >= 0.3 is 13.2 Å². The van der Waals surface area contributed by atoms with Crippen LogP contribution in [0.4, 0.5) is 29.2 Å². The van der Waals surface area contributed by atoms with Gasteiger partial charge in [-0.15, -0.1) is 0 Å². The summed E-state index contributed by atoms with van der Waals surface area (Å²) in [6.45, 7) is 1.70. The lowest BCUT2D eigenvalue weighted by atomic mass is 9.92. The molecule has 14 nitrogen and oxygen atoms in total. The van der Waals surface area contributed by atoms with Crippen LogP contribution in [0, 0.1) is 23.7 Å². The van der Waals surface area contributed by atoms with Gasteiger partial charge in [-0.3, -0.25) is 19.2 Å². The van der Waals surface area contributed by atoms with Crippen LogP contribution >= 0.6 is 0 Å². The minimum atomic E-state index is -2.94. The minimum Gasteiger partial charge on any atom is -0.431 e. The zero-order chi connectivity index (χ0) is 43.6. The molecule has 12 rings (SSSR count). The number of rotatable bonds is 12. The van der Waals surface area contributed by atoms with Gasteiger partial charge in [-0.1, -0.05) is 0 Å². The average Bonchev–Trinajstić information content (AvgIpc) is 3.68. The van der Waals surface area contributed by atoms with Gasteiger partial charge in [0.1, 0.15) is 0 Å². The van der Waals surface area contributed by atoms with E-state index in [1.807, 2.05) is 0 Å². The third-order valence-electron chi connectivity index (χ3n) is 15.8. The van der Waals surface area contributed by atoms with E-state index >= 15 is 0 Å². The van der Waals surface area contributed by atoms with Crippen LogP contribution < -0.4 is 20.9 Å². The van der Waals surface area contributed by atoms with E-state index in [0.29, 0.717) is 70.8 Å². The summed E-state index contributed by atoms with van der Waals surface area (Å²) in [5, 5.41) is 9.83. The Morgan fingerprint density at radius 3 is 1.25 bits per heavy atom. The molecule has 0 radical (unpaired) electrons. The first-order chi connectivity index (χ1) is 31.2. The molecule has 8 aliphatic rings. The number of ether oxygens (including phenoxy) is 4. The van der Waals surface area contributed by atoms with E-state index in [-0.39, 0.29) is 23.1 Å². The monoisotopic (exact) mass is 890 g/mol. The molecule has 4 N–H and O–H groups in total. The number of halogens is 4. The van der Waals surface area contributed by atoms with Gasteiger partial charge in [0, 0.05) is 85.0 Å². The van der Waals surface area contributed by atoms with E-state index in [2.05, 4.69) is 50.7 Å². The van der Waals surface area contributed by atoms with Crippen molar-refractivity contribution >= 4 is 11.6 Å². The first-order valence-electron chi connectivity index (χ1n) is 23.4. The van der Waals surface area contributed by atoms with Crippen molar-refractivity contribution in [2.45, 2.75) is 113 Å². The second-order valence-electron chi connectivity index (χ2n) is 19.2. The third kappa shape index (κ3) is 8.21. The zero-order valence-corrected chi connectivity index (χ0v) is 36.0. The minimum absolute atomic E-state index is 0.0430. The van der Waals surface area contributed by atoms with Gasteiger partial charge in [0.25, 0.3) is 0 Å². The van der Waals surface area contributed by atoms with Crippen molar-refractivity contribution in [1.82, 2.24) is 39.3 Å². The summed E-state index contributed by atoms with van der Waals surface area (Å²) in [6.07, 6.45) is 15.2. The van der Waals surface area contributed by atoms with Crippen molar-refractivity contribution in [3.8, 4) is 34.0 Å². The maximum absolute atomic E-state index is 12.7. The van der Waals surface area contributed by atoms with Crippen molar-refractivity contribution in [3.05, 3.63) is 48.0 Å². The molecule has 8 fully saturated rings. The zero-order valence-electron chi connectivity index (χ0n) is 36.0. The summed E-state index contributed by atoms with van der Waals surface area (Å²) in [7, 11) is 0. The smallest absolute Gasteiger partial charge is 0.387 e. The van der Waals surface area contributed by atoms with Gasteiger partial charge in [0.2, 0.25) is 0 Å². The largest absolute Gasteiger partial charge is 0.431 e. The molecule has 6 aliphatic carbocycles. The predicted molar refractivity (Wildman–Crippen MR) is 229 cm³/mol. The molecule has 0 amide bonds. The molecule has 0 aromatic carbocycles. The van der Waals surface area contributed by atoms with Crippen LogP contribution in [0.5, 0.6) is 11.5 Å². The Bertz CT molecular complexity index is 2110. The van der Waals surface area contributed by atoms with Crippen molar-refractivity contribution in [1.29, 1.82) is 0 Å². The first-order valence-corrected chi connectivity index (χ1v) is 23.4. The third-order valence-corrected chi connectivity index (χ3v) is 15.8. The van der Waals surface area contributed by atoms with Gasteiger partial charge in [-0.2, -0.15) is 27.8 Å². The fourth-order valence-corrected chi connectivity index (χ4v) is 12.0. The maximum Gasteiger partial charge on any atom is 0.387 e. The number of aromatic nitrogens is 6. The molecule has 0 spiro atoms. The number of hydrogen-bond donors (Lipinski definition) is 2. The Kier molecular flexibility index (Phi) is 11.4. The molecule has 6 heterocycles. The van der Waals surface area contributed by atoms with Crippen LogP contribution in [0.1, 0.15) is 99.5 Å². The van der Waals surface area contributed by atoms with Gasteiger partial charge in [-0.25, -0.2) is 9.97 Å². The fourth-order valence-electron chi connectivity index (χ4n) is 12.0. The Morgan fingerprint density at radius 2 is 0.922 bits per heavy atom. The molecule has 4 unspecified atom stereocenters. The number of pyridine rings is 2. The van der Waals surface area contributed by atoms with Crippen LogP contribution in [-0.2, 0) is 9.47 Å². The highest BCUT2D eigenvalue weighted by atomic mass is 19.3. The molecule has 2 aliphatic heterocycles. The lowest BCUT2D eigenvalue weighted by molar-refractivity contribution is -0.0501. The topological polar surface area (TPSA) is 157 Å². The summed E-state index contributed by atoms with van der Waals surface area (Å²) in [5.74, 6) is 3.67. The first kappa shape index (κ1) is 42.1. The summed E-state index contributed by atoms with van der Waals surface area (Å²) in [6, 6.07) is 9.57. The SMILES string of the molecule is Nc1ncc(-c2cc(C3[C@H]4CC(N5CCOCC5)C[C@@H]34)n(C3CCC3)n2)cc1OC(F)F.Nc1ncc(-c2cc(C3[C@H]4CC(N5CCOCC5)C[C@@H]34)n(C3CCC3)n2)cc1OC(F)F. The number of nitrogen functional groups attached to an aromatic ring is 2. The van der Waals surface area contributed by atoms with Crippen LogP contribution in [0.2, 0.25) is 0 Å². The lowest BCUT2D eigenvalue weighted by Crippen LogP contribution is -2.43. The van der Waals surface area contributed by atoms with Gasteiger partial charge < -0.3 is 30.4 Å². The number of anilines is 2. The highest BCUT2D eigenvalue weighted by Crippen LogP contribution is 2.65. The Hall–Kier alpha value is -4.52. The normalized spacial score (nSPS) is 30.3. The van der Waals surface area contributed by atoms with Crippen molar-refractivity contribution in [3.63, 3.8) is 0 Å². The molecule has 6 saturated carbocycles. The fraction of sp³-hybridized carbons (Fsp3) is 0.652. The van der Waals surface area contributed by atoms with Crippen molar-refractivity contribution in [2.24, 2.45) is 23.7 Å². The molecule has 4 aromatic heterocycles. The van der Waals surface area contributed by atoms with E-state index in [9.17, 15) is 17.6 Å². The van der Waals surface area contributed by atoms with Crippen LogP contribution in [0.3, 0.4) is 0 Å². The van der Waals surface area contributed by atoms with Gasteiger partial charge in [0.05, 0.1) is 49.9 Å². The number of nitrogens with two attached hydrogens (primary N) is 2. The van der Waals surface area contributed by atoms with E-state index in [4.69, 9.17) is 31.1 Å². The molecule has 18 heteroatoms. The molecule has 4 aromatic rings. The summed E-state index contributed by atoms with van der Waals surface area (Å²) in [5.41, 5.74) is 16.9. The Balaban J connectivity index is 0.000000143. The number of alkyl halides is 4. The Labute approximate surface area is 369 Å². The molecular formula is C46H58F4N10O4. The number of fused-ring (bicyclic) bond motifs is 2. The van der Waals surface area contributed by atoms with Crippen molar-refractivity contribution in [2.75, 3.05) is 64.1 Å². The summed E-state index contributed by atoms with van der Waals surface area (Å²) in [4.78, 5) is 13.3. The number of hydrogen-bond acceptors (Lipinski definition) is 12. The number of nitrogens with zero attached hydrogens (tertiary/aromatic N) is 8. The van der Waals surface area contributed by atoms with Crippen LogP contribution in [-0.4, -0.2) is 117 Å². The van der Waals surface area contributed by atoms with Crippen LogP contribution in [0.15, 0.2) is 36.7 Å². The Morgan fingerprint density at radius 1 is 0.547 bits per heavy atom. The average molecular weight is 891 g/mol. The van der Waals surface area contributed by atoms with Gasteiger partial charge in [0.15, 0.2) is 23.1 Å². The second-order valence-corrected chi connectivity index (χ2v) is 19.2. The molecular weight excluding hydrogens is 833 g/mol. The standard InChI is InChI=1S/2C23H29F2N5O2/c2*24-23(25)32-20-8-13(12-27-22(20)26)18-11-19(30(28-18)14-2-1-3-14)21-16-9-15(10-17(16)21)29-4-6-31-7-5-29/h2*8,11-12,14-17,21,23H,1-7,9-10H2,(H2,26,27)/t2*15?,16-,17+,21?. The second kappa shape index (κ2) is 17.4. The van der Waals surface area contributed by atoms with Crippen LogP contribution in [0.25, 0.3) is 22.5 Å². The lowest BCUT2D eigenvalue weighted by Gasteiger charge is -2.33. The molecule has 64 heavy (non-hydrogen) atoms. The molecule has 0 bridgehead atoms. The van der Waals surface area contributed by atoms with E-state index < -0.39 is 13.2 Å². The highest BCUT2D eigenvalue weighted by molar-refractivity contribution is 5.66. The molecule has 2 saturated heterocycles. The molecule has 344 valence electrons.